The summed E-state index contributed by atoms with van der Waals surface area (Å²) in [6.45, 7) is 5.40. The van der Waals surface area contributed by atoms with Gasteiger partial charge in [-0.15, -0.1) is 0 Å². The normalized spacial score (nSPS) is 19.2. The smallest absolute Gasteiger partial charge is 0.246 e. The lowest BCUT2D eigenvalue weighted by atomic mass is 10.0. The maximum absolute atomic E-state index is 11.9. The van der Waals surface area contributed by atoms with Crippen LogP contribution in [0.15, 0.2) is 43.1 Å². The average molecular weight is 270 g/mol. The fourth-order valence-electron chi connectivity index (χ4n) is 2.79. The molecule has 4 heteroatoms. The maximum Gasteiger partial charge on any atom is 0.246 e. The number of hydrogen-bond donors (Lipinski definition) is 1. The second kappa shape index (κ2) is 5.51. The topological polar surface area (TPSA) is 45.3 Å². The van der Waals surface area contributed by atoms with Crippen molar-refractivity contribution >= 4 is 16.8 Å². The lowest BCUT2D eigenvalue weighted by Crippen LogP contribution is -2.49. The molecule has 1 aromatic heterocycles. The van der Waals surface area contributed by atoms with Crippen LogP contribution in [0.3, 0.4) is 0 Å². The molecule has 0 aliphatic carbocycles. The van der Waals surface area contributed by atoms with Crippen LogP contribution in [-0.4, -0.2) is 41.6 Å². The largest absolute Gasteiger partial charge is 0.377 e. The van der Waals surface area contributed by atoms with Crippen LogP contribution in [0.2, 0.25) is 0 Å². The first-order valence-electron chi connectivity index (χ1n) is 6.85. The van der Waals surface area contributed by atoms with Crippen molar-refractivity contribution in [1.29, 1.82) is 0 Å². The number of carbonyl (C=O) groups excluding carboxylic acids is 1. The van der Waals surface area contributed by atoms with Crippen LogP contribution in [-0.2, 0) is 16.0 Å². The maximum atomic E-state index is 11.9. The quantitative estimate of drug-likeness (QED) is 0.868. The number of aromatic amines is 1. The fraction of sp³-hybridized carbons (Fsp3) is 0.312. The molecule has 1 N–H and O–H groups in total. The Bertz CT molecular complexity index is 632. The molecule has 1 unspecified atom stereocenters. The Hall–Kier alpha value is -2.07. The molecule has 1 aromatic carbocycles. The number of fused-ring (bicyclic) bond motifs is 1. The number of hydrogen-bond acceptors (Lipinski definition) is 2. The van der Waals surface area contributed by atoms with Gasteiger partial charge in [-0.05, 0) is 24.1 Å². The Labute approximate surface area is 118 Å². The van der Waals surface area contributed by atoms with E-state index in [2.05, 4.69) is 23.7 Å². The molecule has 1 atom stereocenters. The van der Waals surface area contributed by atoms with E-state index in [4.69, 9.17) is 4.74 Å². The SMILES string of the molecule is C=CC(=O)N1CCOCC1Cc1c[nH]c2ccccc12. The van der Waals surface area contributed by atoms with Crippen LogP contribution in [0.25, 0.3) is 10.9 Å². The molecule has 104 valence electrons. The zero-order chi connectivity index (χ0) is 13.9. The van der Waals surface area contributed by atoms with E-state index < -0.39 is 0 Å². The lowest BCUT2D eigenvalue weighted by Gasteiger charge is -2.35. The Kier molecular flexibility index (Phi) is 3.56. The number of rotatable bonds is 3. The first-order valence-corrected chi connectivity index (χ1v) is 6.85. The molecule has 2 aromatic rings. The molecule has 1 aliphatic rings. The van der Waals surface area contributed by atoms with Crippen molar-refractivity contribution in [3.8, 4) is 0 Å². The minimum absolute atomic E-state index is 0.0156. The van der Waals surface area contributed by atoms with Crippen LogP contribution < -0.4 is 0 Å². The highest BCUT2D eigenvalue weighted by molar-refractivity contribution is 5.87. The van der Waals surface area contributed by atoms with E-state index in [0.717, 1.165) is 11.9 Å². The van der Waals surface area contributed by atoms with Gasteiger partial charge < -0.3 is 14.6 Å². The van der Waals surface area contributed by atoms with E-state index in [-0.39, 0.29) is 11.9 Å². The summed E-state index contributed by atoms with van der Waals surface area (Å²) < 4.78 is 5.53. The van der Waals surface area contributed by atoms with Gasteiger partial charge in [0, 0.05) is 23.6 Å². The highest BCUT2D eigenvalue weighted by Crippen LogP contribution is 2.21. The van der Waals surface area contributed by atoms with Crippen LogP contribution in [0, 0.1) is 0 Å². The number of morpholine rings is 1. The van der Waals surface area contributed by atoms with Crippen LogP contribution in [0.4, 0.5) is 0 Å². The molecule has 0 saturated carbocycles. The molecule has 2 heterocycles. The van der Waals surface area contributed by atoms with Gasteiger partial charge in [-0.1, -0.05) is 24.8 Å². The molecule has 1 aliphatic heterocycles. The summed E-state index contributed by atoms with van der Waals surface area (Å²) in [5.41, 5.74) is 2.35. The van der Waals surface area contributed by atoms with Gasteiger partial charge in [-0.2, -0.15) is 0 Å². The third-order valence-corrected chi connectivity index (χ3v) is 3.82. The van der Waals surface area contributed by atoms with Crippen molar-refractivity contribution in [2.75, 3.05) is 19.8 Å². The summed E-state index contributed by atoms with van der Waals surface area (Å²) in [7, 11) is 0. The van der Waals surface area contributed by atoms with E-state index in [1.54, 1.807) is 0 Å². The van der Waals surface area contributed by atoms with Crippen molar-refractivity contribution in [2.45, 2.75) is 12.5 Å². The van der Waals surface area contributed by atoms with Gasteiger partial charge in [0.2, 0.25) is 5.91 Å². The van der Waals surface area contributed by atoms with E-state index in [1.165, 1.54) is 17.0 Å². The highest BCUT2D eigenvalue weighted by atomic mass is 16.5. The van der Waals surface area contributed by atoms with Gasteiger partial charge in [-0.3, -0.25) is 4.79 Å². The molecule has 3 rings (SSSR count). The number of nitrogens with one attached hydrogen (secondary N) is 1. The lowest BCUT2D eigenvalue weighted by molar-refractivity contribution is -0.134. The highest BCUT2D eigenvalue weighted by Gasteiger charge is 2.26. The zero-order valence-corrected chi connectivity index (χ0v) is 11.3. The molecule has 0 radical (unpaired) electrons. The van der Waals surface area contributed by atoms with Crippen LogP contribution >= 0.6 is 0 Å². The fourth-order valence-corrected chi connectivity index (χ4v) is 2.79. The average Bonchev–Trinajstić information content (AvgIpc) is 2.90. The van der Waals surface area contributed by atoms with E-state index >= 15 is 0 Å². The van der Waals surface area contributed by atoms with Gasteiger partial charge in [0.1, 0.15) is 0 Å². The van der Waals surface area contributed by atoms with Gasteiger partial charge in [0.05, 0.1) is 19.3 Å². The van der Waals surface area contributed by atoms with Gasteiger partial charge >= 0.3 is 0 Å². The monoisotopic (exact) mass is 270 g/mol. The number of nitrogens with zero attached hydrogens (tertiary/aromatic N) is 1. The van der Waals surface area contributed by atoms with Crippen molar-refractivity contribution < 1.29 is 9.53 Å². The number of amides is 1. The summed E-state index contributed by atoms with van der Waals surface area (Å²) in [4.78, 5) is 17.0. The Morgan fingerprint density at radius 2 is 2.35 bits per heavy atom. The third-order valence-electron chi connectivity index (χ3n) is 3.82. The molecule has 0 spiro atoms. The predicted molar refractivity (Wildman–Crippen MR) is 78.5 cm³/mol. The number of para-hydroxylation sites is 1. The Balaban J connectivity index is 1.84. The van der Waals surface area contributed by atoms with Crippen molar-refractivity contribution in [1.82, 2.24) is 9.88 Å². The minimum atomic E-state index is -0.0156. The van der Waals surface area contributed by atoms with Crippen molar-refractivity contribution in [3.63, 3.8) is 0 Å². The van der Waals surface area contributed by atoms with E-state index in [0.29, 0.717) is 19.8 Å². The standard InChI is InChI=1S/C16H18N2O2/c1-2-16(19)18-7-8-20-11-13(18)9-12-10-17-15-6-4-3-5-14(12)15/h2-6,10,13,17H,1,7-9,11H2. The summed E-state index contributed by atoms with van der Waals surface area (Å²) in [5.74, 6) is -0.0156. The second-order valence-electron chi connectivity index (χ2n) is 5.03. The Morgan fingerprint density at radius 3 is 3.20 bits per heavy atom. The second-order valence-corrected chi connectivity index (χ2v) is 5.03. The van der Waals surface area contributed by atoms with Crippen molar-refractivity contribution in [3.05, 3.63) is 48.7 Å². The summed E-state index contributed by atoms with van der Waals surface area (Å²) in [6, 6.07) is 8.28. The van der Waals surface area contributed by atoms with Crippen LogP contribution in [0.5, 0.6) is 0 Å². The van der Waals surface area contributed by atoms with Gasteiger partial charge in [0.25, 0.3) is 0 Å². The number of benzene rings is 1. The van der Waals surface area contributed by atoms with E-state index in [1.807, 2.05) is 23.2 Å². The van der Waals surface area contributed by atoms with Gasteiger partial charge in [0.15, 0.2) is 0 Å². The summed E-state index contributed by atoms with van der Waals surface area (Å²) >= 11 is 0. The molecule has 0 bridgehead atoms. The number of aromatic nitrogens is 1. The zero-order valence-electron chi connectivity index (χ0n) is 11.3. The number of carbonyl (C=O) groups is 1. The van der Waals surface area contributed by atoms with Crippen LogP contribution in [0.1, 0.15) is 5.56 Å². The first-order chi connectivity index (χ1) is 9.79. The summed E-state index contributed by atoms with van der Waals surface area (Å²) in [5, 5.41) is 1.21. The number of H-pyrrole nitrogens is 1. The van der Waals surface area contributed by atoms with Crippen molar-refractivity contribution in [2.24, 2.45) is 0 Å². The molecular formula is C16H18N2O2. The Morgan fingerprint density at radius 1 is 1.50 bits per heavy atom. The molecule has 4 nitrogen and oxygen atoms in total. The first kappa shape index (κ1) is 12.9. The molecule has 1 saturated heterocycles. The summed E-state index contributed by atoms with van der Waals surface area (Å²) in [6.07, 6.45) is 4.20. The van der Waals surface area contributed by atoms with E-state index in [9.17, 15) is 4.79 Å². The minimum Gasteiger partial charge on any atom is -0.377 e. The molecule has 20 heavy (non-hydrogen) atoms. The molecular weight excluding hydrogens is 252 g/mol. The predicted octanol–water partition coefficient (Wildman–Crippen LogP) is 2.12. The molecule has 1 amide bonds. The van der Waals surface area contributed by atoms with Gasteiger partial charge in [-0.25, -0.2) is 0 Å². The number of ether oxygens (including phenoxy) is 1. The third kappa shape index (κ3) is 2.34. The molecule has 1 fully saturated rings.